The highest BCUT2D eigenvalue weighted by Gasteiger charge is 2.35. The summed E-state index contributed by atoms with van der Waals surface area (Å²) in [6, 6.07) is 0. The first-order valence-electron chi connectivity index (χ1n) is 6.69. The molecule has 0 bridgehead atoms. The highest BCUT2D eigenvalue weighted by atomic mass is 15.1. The number of hydrogen-bond donors (Lipinski definition) is 1. The minimum Gasteiger partial charge on any atom is -0.330 e. The summed E-state index contributed by atoms with van der Waals surface area (Å²) < 4.78 is 0. The van der Waals surface area contributed by atoms with Crippen molar-refractivity contribution < 1.29 is 0 Å². The van der Waals surface area contributed by atoms with Crippen LogP contribution in [0, 0.1) is 5.41 Å². The maximum absolute atomic E-state index is 5.88. The molecule has 0 aromatic carbocycles. The lowest BCUT2D eigenvalue weighted by Crippen LogP contribution is -2.40. The van der Waals surface area contributed by atoms with E-state index in [9.17, 15) is 0 Å². The van der Waals surface area contributed by atoms with Gasteiger partial charge in [0.2, 0.25) is 0 Å². The van der Waals surface area contributed by atoms with Crippen molar-refractivity contribution in [2.24, 2.45) is 11.1 Å². The Labute approximate surface area is 95.2 Å². The third kappa shape index (κ3) is 3.76. The molecule has 0 aromatic rings. The summed E-state index contributed by atoms with van der Waals surface area (Å²) in [5.74, 6) is 0. The van der Waals surface area contributed by atoms with E-state index in [1.165, 1.54) is 58.2 Å². The molecule has 2 nitrogen and oxygen atoms in total. The van der Waals surface area contributed by atoms with Crippen LogP contribution < -0.4 is 5.73 Å². The first-order chi connectivity index (χ1) is 7.26. The minimum absolute atomic E-state index is 0.527. The summed E-state index contributed by atoms with van der Waals surface area (Å²) in [6.07, 6.45) is 8.10. The Kier molecular flexibility index (Phi) is 5.62. The van der Waals surface area contributed by atoms with Crippen molar-refractivity contribution in [3.63, 3.8) is 0 Å². The molecule has 1 rings (SSSR count). The molecule has 0 saturated heterocycles. The van der Waals surface area contributed by atoms with E-state index >= 15 is 0 Å². The average Bonchev–Trinajstić information content (AvgIpc) is 2.21. The fourth-order valence-electron chi connectivity index (χ4n) is 2.44. The molecule has 0 heterocycles. The van der Waals surface area contributed by atoms with E-state index in [4.69, 9.17) is 5.73 Å². The van der Waals surface area contributed by atoms with Crippen molar-refractivity contribution in [1.29, 1.82) is 0 Å². The van der Waals surface area contributed by atoms with Crippen LogP contribution in [0.2, 0.25) is 0 Å². The molecule has 1 fully saturated rings. The molecule has 15 heavy (non-hydrogen) atoms. The van der Waals surface area contributed by atoms with Crippen LogP contribution >= 0.6 is 0 Å². The summed E-state index contributed by atoms with van der Waals surface area (Å²) >= 11 is 0. The van der Waals surface area contributed by atoms with Crippen LogP contribution in [0.25, 0.3) is 0 Å². The molecular formula is C13H28N2. The van der Waals surface area contributed by atoms with Crippen molar-refractivity contribution in [2.45, 2.75) is 52.4 Å². The van der Waals surface area contributed by atoms with E-state index in [1.54, 1.807) is 0 Å². The zero-order chi connectivity index (χ0) is 11.1. The Morgan fingerprint density at radius 1 is 1.20 bits per heavy atom. The van der Waals surface area contributed by atoms with Crippen molar-refractivity contribution in [3.8, 4) is 0 Å². The number of nitrogens with two attached hydrogens (primary N) is 1. The lowest BCUT2D eigenvalue weighted by Gasteiger charge is -2.42. The third-order valence-electron chi connectivity index (χ3n) is 4.08. The highest BCUT2D eigenvalue weighted by molar-refractivity contribution is 4.89. The summed E-state index contributed by atoms with van der Waals surface area (Å²) in [5, 5.41) is 0. The van der Waals surface area contributed by atoms with E-state index in [0.717, 1.165) is 6.54 Å². The SMILES string of the molecule is CCCCN(CC)CCC1(CN)CCC1. The van der Waals surface area contributed by atoms with Crippen LogP contribution in [-0.2, 0) is 0 Å². The summed E-state index contributed by atoms with van der Waals surface area (Å²) in [7, 11) is 0. The van der Waals surface area contributed by atoms with Crippen molar-refractivity contribution in [2.75, 3.05) is 26.2 Å². The predicted octanol–water partition coefficient (Wildman–Crippen LogP) is 2.63. The standard InChI is InChI=1S/C13H28N2/c1-3-5-10-15(4-2)11-9-13(12-14)7-6-8-13/h3-12,14H2,1-2H3. The van der Waals surface area contributed by atoms with Crippen LogP contribution in [0.3, 0.4) is 0 Å². The number of nitrogens with zero attached hydrogens (tertiary/aromatic N) is 1. The zero-order valence-corrected chi connectivity index (χ0v) is 10.6. The van der Waals surface area contributed by atoms with Gasteiger partial charge in [-0.05, 0) is 57.3 Å². The van der Waals surface area contributed by atoms with Gasteiger partial charge in [0.1, 0.15) is 0 Å². The number of unbranched alkanes of at least 4 members (excludes halogenated alkanes) is 1. The molecular weight excluding hydrogens is 184 g/mol. The van der Waals surface area contributed by atoms with Gasteiger partial charge in [-0.15, -0.1) is 0 Å². The van der Waals surface area contributed by atoms with Gasteiger partial charge in [0, 0.05) is 0 Å². The Balaban J connectivity index is 2.20. The molecule has 90 valence electrons. The molecule has 0 aliphatic heterocycles. The molecule has 0 spiro atoms. The number of hydrogen-bond acceptors (Lipinski definition) is 2. The fraction of sp³-hybridized carbons (Fsp3) is 1.00. The van der Waals surface area contributed by atoms with Gasteiger partial charge in [-0.3, -0.25) is 0 Å². The molecule has 1 aliphatic rings. The second-order valence-corrected chi connectivity index (χ2v) is 5.10. The smallest absolute Gasteiger partial charge is 0.00131 e. The monoisotopic (exact) mass is 212 g/mol. The second-order valence-electron chi connectivity index (χ2n) is 5.10. The fourth-order valence-corrected chi connectivity index (χ4v) is 2.44. The molecule has 0 aromatic heterocycles. The van der Waals surface area contributed by atoms with Crippen molar-refractivity contribution in [1.82, 2.24) is 4.90 Å². The molecule has 2 N–H and O–H groups in total. The normalized spacial score (nSPS) is 19.2. The van der Waals surface area contributed by atoms with Crippen LogP contribution in [-0.4, -0.2) is 31.1 Å². The highest BCUT2D eigenvalue weighted by Crippen LogP contribution is 2.42. The van der Waals surface area contributed by atoms with Crippen molar-refractivity contribution in [3.05, 3.63) is 0 Å². The molecule has 0 amide bonds. The largest absolute Gasteiger partial charge is 0.330 e. The predicted molar refractivity (Wildman–Crippen MR) is 67.0 cm³/mol. The van der Waals surface area contributed by atoms with E-state index in [1.807, 2.05) is 0 Å². The van der Waals surface area contributed by atoms with E-state index in [0.29, 0.717) is 5.41 Å². The lowest BCUT2D eigenvalue weighted by atomic mass is 9.66. The van der Waals surface area contributed by atoms with E-state index < -0.39 is 0 Å². The molecule has 1 saturated carbocycles. The lowest BCUT2D eigenvalue weighted by molar-refractivity contribution is 0.107. The van der Waals surface area contributed by atoms with Gasteiger partial charge in [-0.1, -0.05) is 26.7 Å². The van der Waals surface area contributed by atoms with Crippen molar-refractivity contribution >= 4 is 0 Å². The average molecular weight is 212 g/mol. The molecule has 0 radical (unpaired) electrons. The van der Waals surface area contributed by atoms with Crippen LogP contribution in [0.5, 0.6) is 0 Å². The maximum Gasteiger partial charge on any atom is -0.00131 e. The number of rotatable bonds is 8. The van der Waals surface area contributed by atoms with Crippen LogP contribution in [0.4, 0.5) is 0 Å². The second kappa shape index (κ2) is 6.49. The molecule has 1 aliphatic carbocycles. The summed E-state index contributed by atoms with van der Waals surface area (Å²) in [6.45, 7) is 9.16. The van der Waals surface area contributed by atoms with Gasteiger partial charge in [-0.2, -0.15) is 0 Å². The first-order valence-corrected chi connectivity index (χ1v) is 6.69. The maximum atomic E-state index is 5.88. The molecule has 0 unspecified atom stereocenters. The van der Waals surface area contributed by atoms with Gasteiger partial charge < -0.3 is 10.6 Å². The van der Waals surface area contributed by atoms with Gasteiger partial charge in [0.25, 0.3) is 0 Å². The van der Waals surface area contributed by atoms with E-state index in [-0.39, 0.29) is 0 Å². The summed E-state index contributed by atoms with van der Waals surface area (Å²) in [5.41, 5.74) is 6.41. The first kappa shape index (κ1) is 13.0. The van der Waals surface area contributed by atoms with Gasteiger partial charge >= 0.3 is 0 Å². The quantitative estimate of drug-likeness (QED) is 0.670. The Morgan fingerprint density at radius 2 is 1.93 bits per heavy atom. The Hall–Kier alpha value is -0.0800. The van der Waals surface area contributed by atoms with Gasteiger partial charge in [0.15, 0.2) is 0 Å². The minimum atomic E-state index is 0.527. The molecule has 2 heteroatoms. The van der Waals surface area contributed by atoms with Gasteiger partial charge in [-0.25, -0.2) is 0 Å². The Morgan fingerprint density at radius 3 is 2.33 bits per heavy atom. The van der Waals surface area contributed by atoms with Crippen LogP contribution in [0.1, 0.15) is 52.4 Å². The van der Waals surface area contributed by atoms with Gasteiger partial charge in [0.05, 0.1) is 0 Å². The topological polar surface area (TPSA) is 29.3 Å². The third-order valence-corrected chi connectivity index (χ3v) is 4.08. The summed E-state index contributed by atoms with van der Waals surface area (Å²) in [4.78, 5) is 2.58. The Bertz CT molecular complexity index is 158. The van der Waals surface area contributed by atoms with Crippen LogP contribution in [0.15, 0.2) is 0 Å². The zero-order valence-electron chi connectivity index (χ0n) is 10.6. The van der Waals surface area contributed by atoms with E-state index in [2.05, 4.69) is 18.7 Å². The molecule has 0 atom stereocenters.